The Morgan fingerprint density at radius 2 is 2.17 bits per heavy atom. The van der Waals surface area contributed by atoms with E-state index < -0.39 is 0 Å². The summed E-state index contributed by atoms with van der Waals surface area (Å²) in [6, 6.07) is 5.66. The summed E-state index contributed by atoms with van der Waals surface area (Å²) in [5, 5.41) is 0.480. The van der Waals surface area contributed by atoms with Crippen molar-refractivity contribution in [3.8, 4) is 0 Å². The number of nitrogens with zero attached hydrogens (tertiary/aromatic N) is 1. The zero-order valence-electron chi connectivity index (χ0n) is 9.83. The Morgan fingerprint density at radius 1 is 1.44 bits per heavy atom. The molecule has 0 atom stereocenters. The van der Waals surface area contributed by atoms with Crippen molar-refractivity contribution in [2.45, 2.75) is 25.3 Å². The average molecular weight is 351 g/mol. The van der Waals surface area contributed by atoms with Crippen molar-refractivity contribution in [1.29, 1.82) is 0 Å². The molecule has 1 saturated carbocycles. The lowest BCUT2D eigenvalue weighted by Crippen LogP contribution is -2.45. The number of amides is 1. The van der Waals surface area contributed by atoms with E-state index in [9.17, 15) is 4.79 Å². The maximum Gasteiger partial charge on any atom is 0.255 e. The summed E-state index contributed by atoms with van der Waals surface area (Å²) < 4.78 is 0.872. The topological polar surface area (TPSA) is 20.3 Å². The molecule has 0 saturated heterocycles. The van der Waals surface area contributed by atoms with Gasteiger partial charge in [0.15, 0.2) is 0 Å². The van der Waals surface area contributed by atoms with E-state index >= 15 is 0 Å². The molecule has 1 aliphatic rings. The van der Waals surface area contributed by atoms with Crippen molar-refractivity contribution < 1.29 is 4.79 Å². The van der Waals surface area contributed by atoms with E-state index in [1.165, 1.54) is 6.42 Å². The number of hydrogen-bond acceptors (Lipinski definition) is 1. The van der Waals surface area contributed by atoms with Crippen molar-refractivity contribution >= 4 is 45.0 Å². The molecule has 0 radical (unpaired) electrons. The van der Waals surface area contributed by atoms with Gasteiger partial charge in [-0.15, -0.1) is 11.6 Å². The lowest BCUT2D eigenvalue weighted by atomic mass is 9.91. The Bertz CT molecular complexity index is 449. The van der Waals surface area contributed by atoms with Crippen molar-refractivity contribution in [2.24, 2.45) is 0 Å². The first kappa shape index (κ1) is 14.2. The van der Waals surface area contributed by atoms with Gasteiger partial charge in [0, 0.05) is 22.9 Å². The van der Waals surface area contributed by atoms with E-state index in [0.29, 0.717) is 29.1 Å². The zero-order valence-corrected chi connectivity index (χ0v) is 12.9. The molecule has 1 aliphatic carbocycles. The lowest BCUT2D eigenvalue weighted by molar-refractivity contribution is 0.0598. The molecule has 0 N–H and O–H groups in total. The predicted octanol–water partition coefficient (Wildman–Crippen LogP) is 4.34. The van der Waals surface area contributed by atoms with Crippen molar-refractivity contribution in [3.63, 3.8) is 0 Å². The Kier molecular flexibility index (Phi) is 4.93. The number of hydrogen-bond donors (Lipinski definition) is 0. The molecule has 0 unspecified atom stereocenters. The minimum atomic E-state index is -0.0159. The van der Waals surface area contributed by atoms with Crippen LogP contribution in [0.2, 0.25) is 5.02 Å². The van der Waals surface area contributed by atoms with Gasteiger partial charge >= 0.3 is 0 Å². The van der Waals surface area contributed by atoms with Crippen LogP contribution < -0.4 is 0 Å². The monoisotopic (exact) mass is 349 g/mol. The molecule has 0 bridgehead atoms. The summed E-state index contributed by atoms with van der Waals surface area (Å²) in [6.45, 7) is 0.581. The quantitative estimate of drug-likeness (QED) is 0.740. The second-order valence-electron chi connectivity index (χ2n) is 4.40. The summed E-state index contributed by atoms with van der Waals surface area (Å²) in [4.78, 5) is 14.3. The van der Waals surface area contributed by atoms with Gasteiger partial charge in [-0.05, 0) is 37.5 Å². The minimum Gasteiger partial charge on any atom is -0.334 e. The van der Waals surface area contributed by atoms with Crippen LogP contribution in [0.25, 0.3) is 0 Å². The summed E-state index contributed by atoms with van der Waals surface area (Å²) in [5.74, 6) is 0.439. The third-order valence-corrected chi connectivity index (χ3v) is 4.24. The highest BCUT2D eigenvalue weighted by atomic mass is 79.9. The lowest BCUT2D eigenvalue weighted by Gasteiger charge is -2.37. The molecule has 98 valence electrons. The zero-order chi connectivity index (χ0) is 13.1. The van der Waals surface area contributed by atoms with Crippen LogP contribution in [0.15, 0.2) is 22.7 Å². The molecule has 0 heterocycles. The number of alkyl halides is 1. The van der Waals surface area contributed by atoms with Crippen LogP contribution in [0.4, 0.5) is 0 Å². The van der Waals surface area contributed by atoms with Gasteiger partial charge in [0.2, 0.25) is 0 Å². The Morgan fingerprint density at radius 3 is 2.67 bits per heavy atom. The van der Waals surface area contributed by atoms with Crippen LogP contribution in [-0.2, 0) is 0 Å². The second kappa shape index (κ2) is 6.27. The normalized spacial score (nSPS) is 15.3. The Hall–Kier alpha value is -0.250. The molecule has 1 fully saturated rings. The first-order valence-corrected chi connectivity index (χ1v) is 7.66. The third-order valence-electron chi connectivity index (χ3n) is 3.26. The van der Waals surface area contributed by atoms with Crippen LogP contribution in [0.5, 0.6) is 0 Å². The molecule has 0 aliphatic heterocycles. The number of halogens is 3. The van der Waals surface area contributed by atoms with Gasteiger partial charge in [0.05, 0.1) is 10.6 Å². The van der Waals surface area contributed by atoms with E-state index in [0.717, 1.165) is 17.3 Å². The SMILES string of the molecule is O=C(c1ccc(Br)cc1Cl)N(CCCl)C1CCC1. The summed E-state index contributed by atoms with van der Waals surface area (Å²) in [7, 11) is 0. The minimum absolute atomic E-state index is 0.0159. The molecule has 0 aromatic heterocycles. The molecule has 1 aromatic carbocycles. The van der Waals surface area contributed by atoms with Gasteiger partial charge in [-0.2, -0.15) is 0 Å². The molecule has 2 nitrogen and oxygen atoms in total. The van der Waals surface area contributed by atoms with Gasteiger partial charge in [0.25, 0.3) is 5.91 Å². The maximum atomic E-state index is 12.5. The van der Waals surface area contributed by atoms with Crippen molar-refractivity contribution in [1.82, 2.24) is 4.90 Å². The molecule has 1 amide bonds. The van der Waals surface area contributed by atoms with Crippen molar-refractivity contribution in [3.05, 3.63) is 33.3 Å². The summed E-state index contributed by atoms with van der Waals surface area (Å²) in [5.41, 5.74) is 0.553. The number of carbonyl (C=O) groups excluding carboxylic acids is 1. The van der Waals surface area contributed by atoms with Crippen LogP contribution >= 0.6 is 39.1 Å². The van der Waals surface area contributed by atoms with Crippen LogP contribution in [0, 0.1) is 0 Å². The molecule has 5 heteroatoms. The van der Waals surface area contributed by atoms with E-state index in [2.05, 4.69) is 15.9 Å². The number of benzene rings is 1. The first-order chi connectivity index (χ1) is 8.63. The Balaban J connectivity index is 2.21. The summed E-state index contributed by atoms with van der Waals surface area (Å²) >= 11 is 15.2. The third kappa shape index (κ3) is 3.01. The Labute approximate surface area is 125 Å². The van der Waals surface area contributed by atoms with E-state index in [1.54, 1.807) is 12.1 Å². The highest BCUT2D eigenvalue weighted by molar-refractivity contribution is 9.10. The second-order valence-corrected chi connectivity index (χ2v) is 6.10. The smallest absolute Gasteiger partial charge is 0.255 e. The molecule has 18 heavy (non-hydrogen) atoms. The molecule has 2 rings (SSSR count). The van der Waals surface area contributed by atoms with Gasteiger partial charge in [-0.25, -0.2) is 0 Å². The van der Waals surface area contributed by atoms with Crippen molar-refractivity contribution in [2.75, 3.05) is 12.4 Å². The van der Waals surface area contributed by atoms with Crippen LogP contribution in [0.3, 0.4) is 0 Å². The number of carbonyl (C=O) groups is 1. The highest BCUT2D eigenvalue weighted by Gasteiger charge is 2.29. The number of rotatable bonds is 4. The predicted molar refractivity (Wildman–Crippen MR) is 78.5 cm³/mol. The first-order valence-electron chi connectivity index (χ1n) is 5.95. The van der Waals surface area contributed by atoms with E-state index in [-0.39, 0.29) is 5.91 Å². The standard InChI is InChI=1S/C13H14BrCl2NO/c14-9-4-5-11(12(16)8-9)13(18)17(7-6-15)10-2-1-3-10/h4-5,8,10H,1-3,6-7H2. The fraction of sp³-hybridized carbons (Fsp3) is 0.462. The van der Waals surface area contributed by atoms with Gasteiger partial charge in [0.1, 0.15) is 0 Å². The van der Waals surface area contributed by atoms with Gasteiger partial charge < -0.3 is 4.90 Å². The molecule has 0 spiro atoms. The average Bonchev–Trinajstić information content (AvgIpc) is 2.25. The van der Waals surface area contributed by atoms with Gasteiger partial charge in [-0.3, -0.25) is 4.79 Å². The summed E-state index contributed by atoms with van der Waals surface area (Å²) in [6.07, 6.45) is 3.32. The highest BCUT2D eigenvalue weighted by Crippen LogP contribution is 2.28. The fourth-order valence-corrected chi connectivity index (χ4v) is 2.99. The fourth-order valence-electron chi connectivity index (χ4n) is 2.06. The molecule has 1 aromatic rings. The van der Waals surface area contributed by atoms with Gasteiger partial charge in [-0.1, -0.05) is 27.5 Å². The molecular formula is C13H14BrCl2NO. The van der Waals surface area contributed by atoms with Crippen LogP contribution in [0.1, 0.15) is 29.6 Å². The van der Waals surface area contributed by atoms with E-state index in [1.807, 2.05) is 11.0 Å². The molecular weight excluding hydrogens is 337 g/mol. The van der Waals surface area contributed by atoms with E-state index in [4.69, 9.17) is 23.2 Å². The maximum absolute atomic E-state index is 12.5. The largest absolute Gasteiger partial charge is 0.334 e. The van der Waals surface area contributed by atoms with Crippen LogP contribution in [-0.4, -0.2) is 29.3 Å².